The fraction of sp³-hybridized carbons (Fsp3) is 0.154. The SMILES string of the molecule is Cc1c(F)cccc1-c1ccncc1CN. The summed E-state index contributed by atoms with van der Waals surface area (Å²) >= 11 is 0. The van der Waals surface area contributed by atoms with E-state index in [0.29, 0.717) is 12.1 Å². The van der Waals surface area contributed by atoms with Crippen LogP contribution in [-0.4, -0.2) is 4.98 Å². The van der Waals surface area contributed by atoms with Crippen LogP contribution < -0.4 is 5.73 Å². The molecule has 2 nitrogen and oxygen atoms in total. The second-order valence-corrected chi connectivity index (χ2v) is 3.65. The van der Waals surface area contributed by atoms with E-state index >= 15 is 0 Å². The zero-order chi connectivity index (χ0) is 11.5. The van der Waals surface area contributed by atoms with Crippen molar-refractivity contribution < 1.29 is 4.39 Å². The zero-order valence-corrected chi connectivity index (χ0v) is 9.07. The van der Waals surface area contributed by atoms with Crippen LogP contribution in [0.2, 0.25) is 0 Å². The van der Waals surface area contributed by atoms with Gasteiger partial charge in [-0.3, -0.25) is 4.98 Å². The molecule has 2 N–H and O–H groups in total. The summed E-state index contributed by atoms with van der Waals surface area (Å²) in [6.07, 6.45) is 3.42. The van der Waals surface area contributed by atoms with Crippen LogP contribution in [0, 0.1) is 12.7 Å². The van der Waals surface area contributed by atoms with Crippen LogP contribution in [0.25, 0.3) is 11.1 Å². The molecule has 0 atom stereocenters. The molecule has 0 aliphatic rings. The van der Waals surface area contributed by atoms with E-state index < -0.39 is 0 Å². The molecule has 0 saturated heterocycles. The van der Waals surface area contributed by atoms with E-state index in [4.69, 9.17) is 5.73 Å². The summed E-state index contributed by atoms with van der Waals surface area (Å²) in [4.78, 5) is 4.02. The molecule has 0 unspecified atom stereocenters. The van der Waals surface area contributed by atoms with Gasteiger partial charge in [-0.15, -0.1) is 0 Å². The third-order valence-electron chi connectivity index (χ3n) is 2.68. The van der Waals surface area contributed by atoms with E-state index in [9.17, 15) is 4.39 Å². The van der Waals surface area contributed by atoms with Crippen LogP contribution in [-0.2, 0) is 6.54 Å². The van der Waals surface area contributed by atoms with E-state index in [-0.39, 0.29) is 5.82 Å². The second kappa shape index (κ2) is 4.41. The lowest BCUT2D eigenvalue weighted by Gasteiger charge is -2.10. The van der Waals surface area contributed by atoms with Gasteiger partial charge in [0.05, 0.1) is 0 Å². The number of pyridine rings is 1. The van der Waals surface area contributed by atoms with E-state index in [2.05, 4.69) is 4.98 Å². The minimum absolute atomic E-state index is 0.197. The number of hydrogen-bond acceptors (Lipinski definition) is 2. The Labute approximate surface area is 93.9 Å². The van der Waals surface area contributed by atoms with E-state index in [1.807, 2.05) is 12.1 Å². The topological polar surface area (TPSA) is 38.9 Å². The van der Waals surface area contributed by atoms with Crippen molar-refractivity contribution in [3.05, 3.63) is 53.6 Å². The summed E-state index contributed by atoms with van der Waals surface area (Å²) < 4.78 is 13.5. The highest BCUT2D eigenvalue weighted by Crippen LogP contribution is 2.27. The molecule has 2 rings (SSSR count). The molecule has 0 bridgehead atoms. The van der Waals surface area contributed by atoms with Crippen molar-refractivity contribution in [3.63, 3.8) is 0 Å². The Morgan fingerprint density at radius 1 is 1.25 bits per heavy atom. The first kappa shape index (κ1) is 10.8. The second-order valence-electron chi connectivity index (χ2n) is 3.65. The number of nitrogens with zero attached hydrogens (tertiary/aromatic N) is 1. The molecule has 1 aromatic heterocycles. The first-order chi connectivity index (χ1) is 7.74. The summed E-state index contributed by atoms with van der Waals surface area (Å²) in [5, 5.41) is 0. The summed E-state index contributed by atoms with van der Waals surface area (Å²) in [6, 6.07) is 6.93. The minimum atomic E-state index is -0.197. The minimum Gasteiger partial charge on any atom is -0.326 e. The van der Waals surface area contributed by atoms with Crippen molar-refractivity contribution in [3.8, 4) is 11.1 Å². The van der Waals surface area contributed by atoms with Gasteiger partial charge in [0.15, 0.2) is 0 Å². The van der Waals surface area contributed by atoms with E-state index in [1.54, 1.807) is 25.4 Å². The molecule has 1 aromatic carbocycles. The van der Waals surface area contributed by atoms with Gasteiger partial charge in [0.25, 0.3) is 0 Å². The third kappa shape index (κ3) is 1.82. The molecule has 0 aliphatic heterocycles. The highest BCUT2D eigenvalue weighted by atomic mass is 19.1. The third-order valence-corrected chi connectivity index (χ3v) is 2.68. The molecule has 3 heteroatoms. The Kier molecular flexibility index (Phi) is 2.97. The average molecular weight is 216 g/mol. The van der Waals surface area contributed by atoms with Gasteiger partial charge in [-0.1, -0.05) is 12.1 Å². The van der Waals surface area contributed by atoms with Crippen LogP contribution >= 0.6 is 0 Å². The molecule has 0 aliphatic carbocycles. The Balaban J connectivity index is 2.63. The molecule has 0 radical (unpaired) electrons. The standard InChI is InChI=1S/C13H13FN2/c1-9-11(3-2-4-13(9)14)12-5-6-16-8-10(12)7-15/h2-6,8H,7,15H2,1H3. The van der Waals surface area contributed by atoms with Crippen molar-refractivity contribution in [1.82, 2.24) is 4.98 Å². The van der Waals surface area contributed by atoms with Gasteiger partial charge in [0, 0.05) is 18.9 Å². The maximum Gasteiger partial charge on any atom is 0.126 e. The smallest absolute Gasteiger partial charge is 0.126 e. The number of rotatable bonds is 2. The quantitative estimate of drug-likeness (QED) is 0.838. The summed E-state index contributed by atoms with van der Waals surface area (Å²) in [6.45, 7) is 2.17. The van der Waals surface area contributed by atoms with Crippen LogP contribution in [0.1, 0.15) is 11.1 Å². The molecule has 0 amide bonds. The Hall–Kier alpha value is -1.74. The number of benzene rings is 1. The molecular formula is C13H13FN2. The Morgan fingerprint density at radius 2 is 2.06 bits per heavy atom. The monoisotopic (exact) mass is 216 g/mol. The van der Waals surface area contributed by atoms with E-state index in [1.165, 1.54) is 6.07 Å². The highest BCUT2D eigenvalue weighted by molar-refractivity contribution is 5.70. The van der Waals surface area contributed by atoms with Crippen LogP contribution in [0.5, 0.6) is 0 Å². The van der Waals surface area contributed by atoms with Crippen LogP contribution in [0.15, 0.2) is 36.7 Å². The average Bonchev–Trinajstić information content (AvgIpc) is 2.33. The largest absolute Gasteiger partial charge is 0.326 e. The fourth-order valence-electron chi connectivity index (χ4n) is 1.75. The number of aromatic nitrogens is 1. The number of hydrogen-bond donors (Lipinski definition) is 1. The van der Waals surface area contributed by atoms with Gasteiger partial charge in [-0.2, -0.15) is 0 Å². The first-order valence-electron chi connectivity index (χ1n) is 5.12. The Morgan fingerprint density at radius 3 is 2.81 bits per heavy atom. The number of halogens is 1. The predicted octanol–water partition coefficient (Wildman–Crippen LogP) is 2.65. The molecule has 2 aromatic rings. The first-order valence-corrected chi connectivity index (χ1v) is 5.12. The normalized spacial score (nSPS) is 10.4. The summed E-state index contributed by atoms with van der Waals surface area (Å²) in [5.74, 6) is -0.197. The van der Waals surface area contributed by atoms with E-state index in [0.717, 1.165) is 16.7 Å². The van der Waals surface area contributed by atoms with Crippen molar-refractivity contribution in [2.75, 3.05) is 0 Å². The van der Waals surface area contributed by atoms with Gasteiger partial charge in [0.1, 0.15) is 5.82 Å². The van der Waals surface area contributed by atoms with Gasteiger partial charge in [-0.25, -0.2) is 4.39 Å². The zero-order valence-electron chi connectivity index (χ0n) is 9.07. The van der Waals surface area contributed by atoms with Crippen LogP contribution in [0.3, 0.4) is 0 Å². The maximum absolute atomic E-state index is 13.5. The molecule has 82 valence electrons. The lowest BCUT2D eigenvalue weighted by atomic mass is 9.97. The van der Waals surface area contributed by atoms with Crippen molar-refractivity contribution in [1.29, 1.82) is 0 Å². The molecule has 0 fully saturated rings. The maximum atomic E-state index is 13.5. The lowest BCUT2D eigenvalue weighted by Crippen LogP contribution is -2.00. The molecule has 0 spiro atoms. The molecule has 16 heavy (non-hydrogen) atoms. The van der Waals surface area contributed by atoms with Gasteiger partial charge in [0.2, 0.25) is 0 Å². The van der Waals surface area contributed by atoms with Gasteiger partial charge >= 0.3 is 0 Å². The molecule has 1 heterocycles. The molecule has 0 saturated carbocycles. The molecular weight excluding hydrogens is 203 g/mol. The highest BCUT2D eigenvalue weighted by Gasteiger charge is 2.08. The summed E-state index contributed by atoms with van der Waals surface area (Å²) in [5.41, 5.74) is 9.04. The number of nitrogens with two attached hydrogens (primary N) is 1. The van der Waals surface area contributed by atoms with Gasteiger partial charge in [-0.05, 0) is 41.3 Å². The van der Waals surface area contributed by atoms with Crippen molar-refractivity contribution >= 4 is 0 Å². The van der Waals surface area contributed by atoms with Crippen LogP contribution in [0.4, 0.5) is 4.39 Å². The lowest BCUT2D eigenvalue weighted by molar-refractivity contribution is 0.619. The van der Waals surface area contributed by atoms with Crippen molar-refractivity contribution in [2.24, 2.45) is 5.73 Å². The fourth-order valence-corrected chi connectivity index (χ4v) is 1.75. The summed E-state index contributed by atoms with van der Waals surface area (Å²) in [7, 11) is 0. The van der Waals surface area contributed by atoms with Crippen molar-refractivity contribution in [2.45, 2.75) is 13.5 Å². The van der Waals surface area contributed by atoms with Gasteiger partial charge < -0.3 is 5.73 Å². The predicted molar refractivity (Wildman–Crippen MR) is 62.3 cm³/mol. The Bertz CT molecular complexity index is 509.